The largest absolute Gasteiger partial charge is 0.306 e. The number of fused-ring (bicyclic) bond motifs is 1. The number of likely N-dealkylation sites (N-methyl/N-ethyl adjacent to an activating group) is 1. The molecule has 16 heavy (non-hydrogen) atoms. The third kappa shape index (κ3) is 1.52. The molecule has 88 valence electrons. The predicted octanol–water partition coefficient (Wildman–Crippen LogP) is 3.09. The third-order valence-corrected chi connectivity index (χ3v) is 2.97. The molecule has 1 N–H and O–H groups in total. The zero-order chi connectivity index (χ0) is 11.9. The van der Waals surface area contributed by atoms with Crippen LogP contribution in [0.5, 0.6) is 0 Å². The molecule has 0 aromatic heterocycles. The van der Waals surface area contributed by atoms with Crippen molar-refractivity contribution in [3.63, 3.8) is 0 Å². The van der Waals surface area contributed by atoms with E-state index >= 15 is 0 Å². The molecule has 0 aliphatic heterocycles. The van der Waals surface area contributed by atoms with E-state index in [4.69, 9.17) is 0 Å². The van der Waals surface area contributed by atoms with Crippen LogP contribution in [-0.4, -0.2) is 12.6 Å². The highest BCUT2D eigenvalue weighted by molar-refractivity contribution is 5.43. The lowest BCUT2D eigenvalue weighted by atomic mass is 10.1. The Bertz CT molecular complexity index is 403. The number of hydrogen-bond donors (Lipinski definition) is 1. The van der Waals surface area contributed by atoms with Gasteiger partial charge in [0.05, 0.1) is 0 Å². The van der Waals surface area contributed by atoms with E-state index in [1.165, 1.54) is 12.1 Å². The summed E-state index contributed by atoms with van der Waals surface area (Å²) in [4.78, 5) is 0. The molecule has 2 atom stereocenters. The number of nitrogens with one attached hydrogen (secondary N) is 1. The number of alkyl halides is 3. The van der Waals surface area contributed by atoms with Gasteiger partial charge in [0.2, 0.25) is 0 Å². The van der Waals surface area contributed by atoms with Gasteiger partial charge in [-0.3, -0.25) is 0 Å². The zero-order valence-corrected chi connectivity index (χ0v) is 9.23. The van der Waals surface area contributed by atoms with Gasteiger partial charge in [-0.2, -0.15) is 8.78 Å². The summed E-state index contributed by atoms with van der Waals surface area (Å²) >= 11 is 0. The highest BCUT2D eigenvalue weighted by Gasteiger charge is 2.54. The average Bonchev–Trinajstić information content (AvgIpc) is 2.40. The molecule has 0 saturated carbocycles. The number of halogens is 3. The second-order valence-electron chi connectivity index (χ2n) is 4.15. The minimum Gasteiger partial charge on any atom is -0.306 e. The van der Waals surface area contributed by atoms with Gasteiger partial charge in [-0.25, -0.2) is 4.39 Å². The number of benzene rings is 1. The first-order chi connectivity index (χ1) is 7.48. The molecule has 0 heterocycles. The molecule has 1 aromatic rings. The van der Waals surface area contributed by atoms with E-state index < -0.39 is 18.1 Å². The van der Waals surface area contributed by atoms with E-state index in [1.807, 2.05) is 0 Å². The van der Waals surface area contributed by atoms with Crippen LogP contribution in [0.15, 0.2) is 18.2 Å². The van der Waals surface area contributed by atoms with Crippen molar-refractivity contribution in [1.29, 1.82) is 0 Å². The first kappa shape index (κ1) is 11.5. The van der Waals surface area contributed by atoms with E-state index in [9.17, 15) is 13.2 Å². The summed E-state index contributed by atoms with van der Waals surface area (Å²) in [5.74, 6) is -3.13. The summed E-state index contributed by atoms with van der Waals surface area (Å²) in [6, 6.07) is 2.99. The second kappa shape index (κ2) is 3.77. The molecule has 2 rings (SSSR count). The summed E-state index contributed by atoms with van der Waals surface area (Å²) in [6.07, 6.45) is -1.63. The maximum Gasteiger partial charge on any atom is 0.291 e. The molecule has 1 aromatic carbocycles. The Morgan fingerprint density at radius 3 is 2.69 bits per heavy atom. The van der Waals surface area contributed by atoms with E-state index in [0.29, 0.717) is 6.54 Å². The quantitative estimate of drug-likeness (QED) is 0.821. The number of rotatable bonds is 2. The van der Waals surface area contributed by atoms with E-state index in [-0.39, 0.29) is 11.1 Å². The lowest BCUT2D eigenvalue weighted by Gasteiger charge is -2.21. The van der Waals surface area contributed by atoms with Gasteiger partial charge in [0, 0.05) is 5.56 Å². The SMILES string of the molecule is CCNC1C(F)c2cc(C)ccc2C1(F)F. The maximum absolute atomic E-state index is 13.9. The number of hydrogen-bond acceptors (Lipinski definition) is 1. The van der Waals surface area contributed by atoms with Gasteiger partial charge in [-0.1, -0.05) is 30.7 Å². The van der Waals surface area contributed by atoms with Crippen molar-refractivity contribution >= 4 is 0 Å². The normalized spacial score (nSPS) is 26.8. The van der Waals surface area contributed by atoms with Crippen LogP contribution in [-0.2, 0) is 5.92 Å². The van der Waals surface area contributed by atoms with Crippen molar-refractivity contribution in [3.05, 3.63) is 34.9 Å². The Hall–Kier alpha value is -1.03. The van der Waals surface area contributed by atoms with Crippen molar-refractivity contribution in [2.75, 3.05) is 6.54 Å². The van der Waals surface area contributed by atoms with E-state index in [0.717, 1.165) is 5.56 Å². The standard InChI is InChI=1S/C12H14F3N/c1-3-16-11-10(13)8-6-7(2)4-5-9(8)12(11,14)15/h4-6,10-11,16H,3H2,1-2H3. The lowest BCUT2D eigenvalue weighted by molar-refractivity contribution is -0.0500. The third-order valence-electron chi connectivity index (χ3n) is 2.97. The molecule has 0 fully saturated rings. The highest BCUT2D eigenvalue weighted by atomic mass is 19.3. The molecule has 0 bridgehead atoms. The van der Waals surface area contributed by atoms with Crippen LogP contribution >= 0.6 is 0 Å². The van der Waals surface area contributed by atoms with Crippen LogP contribution in [0.1, 0.15) is 29.8 Å². The van der Waals surface area contributed by atoms with Gasteiger partial charge < -0.3 is 5.32 Å². The molecule has 0 radical (unpaired) electrons. The van der Waals surface area contributed by atoms with Crippen LogP contribution in [0.25, 0.3) is 0 Å². The first-order valence-corrected chi connectivity index (χ1v) is 5.34. The van der Waals surface area contributed by atoms with Crippen LogP contribution in [0.4, 0.5) is 13.2 Å². The monoisotopic (exact) mass is 229 g/mol. The average molecular weight is 229 g/mol. The Morgan fingerprint density at radius 1 is 1.38 bits per heavy atom. The van der Waals surface area contributed by atoms with Gasteiger partial charge in [0.15, 0.2) is 0 Å². The Kier molecular flexibility index (Phi) is 2.70. The van der Waals surface area contributed by atoms with Crippen LogP contribution in [0.3, 0.4) is 0 Å². The van der Waals surface area contributed by atoms with Gasteiger partial charge in [-0.15, -0.1) is 0 Å². The van der Waals surface area contributed by atoms with Crippen molar-refractivity contribution in [3.8, 4) is 0 Å². The maximum atomic E-state index is 13.9. The van der Waals surface area contributed by atoms with Crippen LogP contribution in [0.2, 0.25) is 0 Å². The topological polar surface area (TPSA) is 12.0 Å². The minimum absolute atomic E-state index is 0.121. The highest BCUT2D eigenvalue weighted by Crippen LogP contribution is 2.49. The fourth-order valence-electron chi connectivity index (χ4n) is 2.20. The van der Waals surface area contributed by atoms with Gasteiger partial charge >= 0.3 is 0 Å². The predicted molar refractivity (Wildman–Crippen MR) is 56.4 cm³/mol. The van der Waals surface area contributed by atoms with Crippen molar-refractivity contribution in [2.45, 2.75) is 32.0 Å². The van der Waals surface area contributed by atoms with E-state index in [1.54, 1.807) is 19.9 Å². The van der Waals surface area contributed by atoms with Crippen LogP contribution in [0, 0.1) is 6.92 Å². The molecule has 0 saturated heterocycles. The lowest BCUT2D eigenvalue weighted by Crippen LogP contribution is -2.41. The smallest absolute Gasteiger partial charge is 0.291 e. The second-order valence-corrected chi connectivity index (χ2v) is 4.15. The summed E-state index contributed by atoms with van der Waals surface area (Å²) in [6.45, 7) is 3.79. The molecule has 0 spiro atoms. The summed E-state index contributed by atoms with van der Waals surface area (Å²) in [7, 11) is 0. The number of aryl methyl sites for hydroxylation is 1. The Morgan fingerprint density at radius 2 is 2.06 bits per heavy atom. The summed E-state index contributed by atoms with van der Waals surface area (Å²) < 4.78 is 41.6. The molecule has 1 aliphatic rings. The Labute approximate surface area is 92.7 Å². The zero-order valence-electron chi connectivity index (χ0n) is 9.23. The van der Waals surface area contributed by atoms with Crippen molar-refractivity contribution < 1.29 is 13.2 Å². The van der Waals surface area contributed by atoms with Gasteiger partial charge in [-0.05, 0) is 19.0 Å². The summed E-state index contributed by atoms with van der Waals surface area (Å²) in [5, 5.41) is 2.53. The fourth-order valence-corrected chi connectivity index (χ4v) is 2.20. The van der Waals surface area contributed by atoms with E-state index in [2.05, 4.69) is 5.32 Å². The molecule has 0 amide bonds. The minimum atomic E-state index is -3.13. The fraction of sp³-hybridized carbons (Fsp3) is 0.500. The Balaban J connectivity index is 2.48. The molecular formula is C12H14F3N. The molecule has 1 aliphatic carbocycles. The molecule has 4 heteroatoms. The van der Waals surface area contributed by atoms with Gasteiger partial charge in [0.1, 0.15) is 12.2 Å². The first-order valence-electron chi connectivity index (χ1n) is 5.34. The van der Waals surface area contributed by atoms with Crippen molar-refractivity contribution in [2.24, 2.45) is 0 Å². The van der Waals surface area contributed by atoms with Crippen LogP contribution < -0.4 is 5.32 Å². The molecule has 1 nitrogen and oxygen atoms in total. The van der Waals surface area contributed by atoms with Crippen molar-refractivity contribution in [1.82, 2.24) is 5.32 Å². The summed E-state index contributed by atoms with van der Waals surface area (Å²) in [5.41, 5.74) is 0.738. The molecule has 2 unspecified atom stereocenters. The van der Waals surface area contributed by atoms with Gasteiger partial charge in [0.25, 0.3) is 5.92 Å². The molecular weight excluding hydrogens is 215 g/mol.